The average molecular weight is 576 g/mol. The van der Waals surface area contributed by atoms with Crippen LogP contribution in [0.15, 0.2) is 82.2 Å². The van der Waals surface area contributed by atoms with Gasteiger partial charge in [0.05, 0.1) is 27.5 Å². The van der Waals surface area contributed by atoms with Crippen molar-refractivity contribution in [3.63, 3.8) is 0 Å². The van der Waals surface area contributed by atoms with Crippen LogP contribution in [0.2, 0.25) is 5.02 Å². The van der Waals surface area contributed by atoms with Crippen LogP contribution >= 0.6 is 27.5 Å². The first-order valence-corrected chi connectivity index (χ1v) is 13.5. The van der Waals surface area contributed by atoms with Crippen molar-refractivity contribution in [3.05, 3.63) is 93.5 Å². The van der Waals surface area contributed by atoms with E-state index in [0.717, 1.165) is 4.47 Å². The summed E-state index contributed by atoms with van der Waals surface area (Å²) in [7, 11) is -2.06. The van der Waals surface area contributed by atoms with Crippen molar-refractivity contribution in [1.29, 1.82) is 5.41 Å². The number of imidazole rings is 1. The van der Waals surface area contributed by atoms with Crippen molar-refractivity contribution in [3.8, 4) is 0 Å². The Hall–Kier alpha value is -2.72. The van der Waals surface area contributed by atoms with Crippen LogP contribution in [0, 0.1) is 5.41 Å². The van der Waals surface area contributed by atoms with E-state index in [1.165, 1.54) is 4.31 Å². The molecule has 0 aliphatic heterocycles. The summed E-state index contributed by atoms with van der Waals surface area (Å²) in [6.45, 7) is 0.623. The van der Waals surface area contributed by atoms with E-state index in [4.69, 9.17) is 17.0 Å². The first-order chi connectivity index (χ1) is 16.7. The zero-order chi connectivity index (χ0) is 25.2. The standard InChI is InChI=1S/C25H24BrClN4O3S/c1-29(35(33,34)20-7-3-2-4-8-20)15-6-16-30-24-21(27)9-5-10-22(24)31(25(30)28)17-23(32)18-11-13-19(26)14-12-18/h2-5,7-14,28H,6,15-17H2,1H3. The molecule has 1 N–H and O–H groups in total. The summed E-state index contributed by atoms with van der Waals surface area (Å²) in [6, 6.07) is 20.7. The van der Waals surface area contributed by atoms with Crippen LogP contribution in [0.25, 0.3) is 11.0 Å². The number of para-hydroxylation sites is 1. The van der Waals surface area contributed by atoms with Crippen LogP contribution < -0.4 is 5.62 Å². The smallest absolute Gasteiger partial charge is 0.242 e. The molecule has 3 aromatic carbocycles. The van der Waals surface area contributed by atoms with Gasteiger partial charge in [0.25, 0.3) is 0 Å². The number of rotatable bonds is 9. The van der Waals surface area contributed by atoms with Crippen molar-refractivity contribution < 1.29 is 13.2 Å². The summed E-state index contributed by atoms with van der Waals surface area (Å²) < 4.78 is 31.2. The molecule has 4 aromatic rings. The van der Waals surface area contributed by atoms with Crippen molar-refractivity contribution in [2.24, 2.45) is 0 Å². The molecule has 1 aromatic heterocycles. The number of benzene rings is 3. The number of hydrogen-bond donors (Lipinski definition) is 1. The van der Waals surface area contributed by atoms with Gasteiger partial charge in [-0.1, -0.05) is 63.9 Å². The maximum absolute atomic E-state index is 12.9. The molecule has 4 rings (SSSR count). The van der Waals surface area contributed by atoms with Gasteiger partial charge in [0.15, 0.2) is 5.78 Å². The summed E-state index contributed by atoms with van der Waals surface area (Å²) in [6.07, 6.45) is 0.462. The molecule has 35 heavy (non-hydrogen) atoms. The minimum absolute atomic E-state index is 0.00734. The van der Waals surface area contributed by atoms with Crippen molar-refractivity contribution in [1.82, 2.24) is 13.4 Å². The average Bonchev–Trinajstić information content (AvgIpc) is 3.12. The molecule has 7 nitrogen and oxygen atoms in total. The first kappa shape index (κ1) is 25.4. The van der Waals surface area contributed by atoms with Gasteiger partial charge in [0.2, 0.25) is 15.6 Å². The molecule has 0 radical (unpaired) electrons. The van der Waals surface area contributed by atoms with Crippen LogP contribution in [0.4, 0.5) is 0 Å². The second kappa shape index (κ2) is 10.5. The maximum atomic E-state index is 12.9. The van der Waals surface area contributed by atoms with Crippen molar-refractivity contribution in [2.45, 2.75) is 24.4 Å². The van der Waals surface area contributed by atoms with E-state index in [9.17, 15) is 13.2 Å². The molecule has 0 aliphatic rings. The number of fused-ring (bicyclic) bond motifs is 1. The monoisotopic (exact) mass is 574 g/mol. The van der Waals surface area contributed by atoms with Gasteiger partial charge in [-0.3, -0.25) is 10.2 Å². The van der Waals surface area contributed by atoms with Gasteiger partial charge < -0.3 is 9.13 Å². The lowest BCUT2D eigenvalue weighted by Crippen LogP contribution is -2.31. The van der Waals surface area contributed by atoms with Gasteiger partial charge in [-0.05, 0) is 42.8 Å². The Bertz CT molecular complexity index is 1530. The summed E-state index contributed by atoms with van der Waals surface area (Å²) >= 11 is 9.87. The normalized spacial score (nSPS) is 11.9. The highest BCUT2D eigenvalue weighted by Crippen LogP contribution is 2.24. The molecule has 0 atom stereocenters. The minimum atomic E-state index is -3.60. The minimum Gasteiger partial charge on any atom is -0.309 e. The quantitative estimate of drug-likeness (QED) is 0.287. The van der Waals surface area contributed by atoms with E-state index in [2.05, 4.69) is 15.9 Å². The number of sulfonamides is 1. The van der Waals surface area contributed by atoms with E-state index in [-0.39, 0.29) is 29.4 Å². The molecule has 0 bridgehead atoms. The summed E-state index contributed by atoms with van der Waals surface area (Å²) in [5.74, 6) is -0.122. The molecule has 0 aliphatic carbocycles. The lowest BCUT2D eigenvalue weighted by Gasteiger charge is -2.17. The predicted molar refractivity (Wildman–Crippen MR) is 140 cm³/mol. The van der Waals surface area contributed by atoms with Gasteiger partial charge in [-0.15, -0.1) is 0 Å². The molecule has 0 spiro atoms. The van der Waals surface area contributed by atoms with E-state index in [1.807, 2.05) is 6.07 Å². The Kier molecular flexibility index (Phi) is 7.61. The molecule has 10 heteroatoms. The van der Waals surface area contributed by atoms with E-state index < -0.39 is 10.0 Å². The lowest BCUT2D eigenvalue weighted by molar-refractivity contribution is 0.0971. The Morgan fingerprint density at radius 1 is 1.00 bits per heavy atom. The van der Waals surface area contributed by atoms with Crippen LogP contribution in [-0.4, -0.2) is 41.2 Å². The Morgan fingerprint density at radius 3 is 2.37 bits per heavy atom. The molecular weight excluding hydrogens is 552 g/mol. The van der Waals surface area contributed by atoms with Gasteiger partial charge in [-0.2, -0.15) is 0 Å². The topological polar surface area (TPSA) is 88.2 Å². The second-order valence-electron chi connectivity index (χ2n) is 8.09. The summed E-state index contributed by atoms with van der Waals surface area (Å²) in [5.41, 5.74) is 2.01. The summed E-state index contributed by atoms with van der Waals surface area (Å²) in [5, 5.41) is 9.25. The van der Waals surface area contributed by atoms with Crippen molar-refractivity contribution >= 4 is 54.4 Å². The second-order valence-corrected chi connectivity index (χ2v) is 11.5. The molecule has 0 saturated heterocycles. The Morgan fingerprint density at radius 2 is 1.69 bits per heavy atom. The van der Waals surface area contributed by atoms with Crippen LogP contribution in [0.3, 0.4) is 0 Å². The van der Waals surface area contributed by atoms with E-state index in [1.54, 1.807) is 82.9 Å². The fraction of sp³-hybridized carbons (Fsp3) is 0.200. The molecule has 0 saturated carbocycles. The number of nitrogens with one attached hydrogen (secondary N) is 1. The third kappa shape index (κ3) is 5.28. The van der Waals surface area contributed by atoms with Crippen LogP contribution in [0.1, 0.15) is 16.8 Å². The number of carbonyl (C=O) groups is 1. The van der Waals surface area contributed by atoms with E-state index >= 15 is 0 Å². The maximum Gasteiger partial charge on any atom is 0.242 e. The molecule has 0 unspecified atom stereocenters. The third-order valence-corrected chi connectivity index (χ3v) is 8.52. The highest BCUT2D eigenvalue weighted by atomic mass is 79.9. The zero-order valence-corrected chi connectivity index (χ0v) is 22.1. The number of hydrogen-bond acceptors (Lipinski definition) is 4. The summed E-state index contributed by atoms with van der Waals surface area (Å²) in [4.78, 5) is 13.2. The fourth-order valence-electron chi connectivity index (χ4n) is 3.95. The van der Waals surface area contributed by atoms with Crippen LogP contribution in [-0.2, 0) is 23.1 Å². The van der Waals surface area contributed by atoms with Gasteiger partial charge in [0.1, 0.15) is 0 Å². The molecule has 182 valence electrons. The van der Waals surface area contributed by atoms with Crippen molar-refractivity contribution in [2.75, 3.05) is 13.6 Å². The van der Waals surface area contributed by atoms with Gasteiger partial charge in [0, 0.05) is 30.2 Å². The van der Waals surface area contributed by atoms with E-state index in [0.29, 0.717) is 34.6 Å². The number of Topliss-reactive ketones (excluding diaryl/α,β-unsaturated/α-hetero) is 1. The first-order valence-electron chi connectivity index (χ1n) is 10.9. The molecular formula is C25H24BrClN4O3S. The molecule has 0 fully saturated rings. The Balaban J connectivity index is 1.58. The number of aromatic nitrogens is 2. The molecule has 0 amide bonds. The highest BCUT2D eigenvalue weighted by Gasteiger charge is 2.21. The predicted octanol–water partition coefficient (Wildman–Crippen LogP) is 4.93. The van der Waals surface area contributed by atoms with Gasteiger partial charge in [-0.25, -0.2) is 12.7 Å². The number of aryl methyl sites for hydroxylation is 1. The number of carbonyl (C=O) groups excluding carboxylic acids is 1. The SMILES string of the molecule is CN(CCCn1c(=N)n(CC(=O)c2ccc(Br)cc2)c2cccc(Cl)c21)S(=O)(=O)c1ccccc1. The third-order valence-electron chi connectivity index (χ3n) is 5.81. The largest absolute Gasteiger partial charge is 0.309 e. The van der Waals surface area contributed by atoms with Crippen LogP contribution in [0.5, 0.6) is 0 Å². The number of halogens is 2. The van der Waals surface area contributed by atoms with Gasteiger partial charge >= 0.3 is 0 Å². The molecule has 1 heterocycles. The zero-order valence-electron chi connectivity index (χ0n) is 19.0. The number of ketones is 1. The Labute approximate surface area is 217 Å². The highest BCUT2D eigenvalue weighted by molar-refractivity contribution is 9.10. The number of nitrogens with zero attached hydrogens (tertiary/aromatic N) is 3. The lowest BCUT2D eigenvalue weighted by atomic mass is 10.1. The fourth-order valence-corrected chi connectivity index (χ4v) is 5.71.